The van der Waals surface area contributed by atoms with Crippen LogP contribution >= 0.6 is 0 Å². The summed E-state index contributed by atoms with van der Waals surface area (Å²) in [6.45, 7) is 22.7. The minimum absolute atomic E-state index is 0.0610. The summed E-state index contributed by atoms with van der Waals surface area (Å²) < 4.78 is 19.4. The van der Waals surface area contributed by atoms with E-state index in [1.54, 1.807) is 0 Å². The summed E-state index contributed by atoms with van der Waals surface area (Å²) in [5.41, 5.74) is 0. The second-order valence-electron chi connectivity index (χ2n) is 13.6. The van der Waals surface area contributed by atoms with Crippen LogP contribution in [0.4, 0.5) is 0 Å². The quantitative estimate of drug-likeness (QED) is 0.238. The zero-order valence-corrected chi connectivity index (χ0v) is 26.0. The number of fused-ring (bicyclic) bond motifs is 1. The minimum atomic E-state index is -2.09. The molecule has 1 N–H and O–H groups in total. The molecule has 0 saturated heterocycles. The Morgan fingerprint density at radius 1 is 0.971 bits per heavy atom. The molecule has 1 saturated carbocycles. The van der Waals surface area contributed by atoms with Crippen molar-refractivity contribution in [3.05, 3.63) is 24.3 Å². The van der Waals surface area contributed by atoms with Gasteiger partial charge in [-0.25, -0.2) is 4.79 Å². The predicted molar refractivity (Wildman–Crippen MR) is 149 cm³/mol. The Kier molecular flexibility index (Phi) is 10.2. The maximum atomic E-state index is 12.6. The van der Waals surface area contributed by atoms with Crippen LogP contribution in [0.15, 0.2) is 24.3 Å². The lowest BCUT2D eigenvalue weighted by Gasteiger charge is -2.41. The molecule has 0 spiro atoms. The van der Waals surface area contributed by atoms with Crippen LogP contribution in [0.25, 0.3) is 0 Å². The van der Waals surface area contributed by atoms with Gasteiger partial charge >= 0.3 is 5.97 Å². The van der Waals surface area contributed by atoms with E-state index in [2.05, 4.69) is 79.9 Å². The van der Waals surface area contributed by atoms with Crippen molar-refractivity contribution in [3.63, 3.8) is 0 Å². The summed E-state index contributed by atoms with van der Waals surface area (Å²) in [5, 5.41) is 9.85. The average molecular weight is 525 g/mol. The van der Waals surface area contributed by atoms with Crippen LogP contribution in [0.5, 0.6) is 0 Å². The van der Waals surface area contributed by atoms with Gasteiger partial charge in [-0.3, -0.25) is 0 Å². The molecular weight excluding hydrogens is 472 g/mol. The summed E-state index contributed by atoms with van der Waals surface area (Å²) in [5.74, 6) is 0.187. The van der Waals surface area contributed by atoms with Crippen LogP contribution in [-0.4, -0.2) is 52.6 Å². The van der Waals surface area contributed by atoms with Gasteiger partial charge in [0.05, 0.1) is 12.7 Å². The number of esters is 1. The minimum Gasteiger partial charge on any atom is -0.457 e. The number of hydrogen-bond acceptors (Lipinski definition) is 5. The Bertz CT molecular complexity index is 760. The van der Waals surface area contributed by atoms with E-state index in [1.807, 2.05) is 6.08 Å². The van der Waals surface area contributed by atoms with Crippen molar-refractivity contribution in [2.24, 2.45) is 11.8 Å². The fourth-order valence-electron chi connectivity index (χ4n) is 4.43. The Morgan fingerprint density at radius 3 is 2.14 bits per heavy atom. The van der Waals surface area contributed by atoms with Gasteiger partial charge in [0.2, 0.25) is 0 Å². The van der Waals surface area contributed by atoms with E-state index in [-0.39, 0.29) is 34.8 Å². The third-order valence-corrected chi connectivity index (χ3v) is 17.7. The van der Waals surface area contributed by atoms with Crippen molar-refractivity contribution in [1.29, 1.82) is 0 Å². The van der Waals surface area contributed by atoms with Crippen molar-refractivity contribution >= 4 is 22.6 Å². The molecule has 2 rings (SSSR count). The van der Waals surface area contributed by atoms with Crippen molar-refractivity contribution < 1.29 is 23.5 Å². The topological polar surface area (TPSA) is 65.0 Å². The highest BCUT2D eigenvalue weighted by atomic mass is 28.4. The SMILES string of the molecule is CC(C)(C)[Si](C)(C)O[C@@H]1C[C@@H]2[C@H](/C=C/CCC[C@H](CO)OC(=O)/C=C/[C@H]2O[Si](C)(C)C(C)(C)C)C1. The second-order valence-corrected chi connectivity index (χ2v) is 23.1. The summed E-state index contributed by atoms with van der Waals surface area (Å²) in [6.07, 6.45) is 12.0. The van der Waals surface area contributed by atoms with E-state index in [9.17, 15) is 9.90 Å². The monoisotopic (exact) mass is 524 g/mol. The molecule has 0 unspecified atom stereocenters. The standard InChI is InChI=1S/C28H52O5Si2/c1-27(2,3)34(7,8)32-23-18-21-14-12-11-13-15-22(20-29)31-26(30)17-16-25(24(21)19-23)33-35(9,10)28(4,5)6/h12,14,16-17,21-25,29H,11,13,15,18-20H2,1-10H3/b14-12+,17-16+/t21-,22-,23+,24-,25-/m1/s1. The number of carbonyl (C=O) groups is 1. The average Bonchev–Trinajstić information content (AvgIpc) is 3.09. The molecule has 1 aliphatic heterocycles. The molecular formula is C28H52O5Si2. The van der Waals surface area contributed by atoms with E-state index in [1.165, 1.54) is 6.08 Å². The van der Waals surface area contributed by atoms with E-state index in [4.69, 9.17) is 13.6 Å². The van der Waals surface area contributed by atoms with Gasteiger partial charge in [-0.05, 0) is 86.3 Å². The molecule has 1 heterocycles. The lowest BCUT2D eigenvalue weighted by molar-refractivity contribution is -0.145. The second kappa shape index (κ2) is 11.8. The van der Waals surface area contributed by atoms with E-state index in [0.29, 0.717) is 12.3 Å². The number of hydrogen-bond donors (Lipinski definition) is 1. The molecule has 7 heteroatoms. The molecule has 2 aliphatic rings. The molecule has 0 aromatic rings. The number of aliphatic hydroxyl groups is 1. The van der Waals surface area contributed by atoms with Gasteiger partial charge in [-0.2, -0.15) is 0 Å². The molecule has 0 aromatic heterocycles. The Morgan fingerprint density at radius 2 is 1.57 bits per heavy atom. The highest BCUT2D eigenvalue weighted by Crippen LogP contribution is 2.46. The van der Waals surface area contributed by atoms with Gasteiger partial charge < -0.3 is 18.7 Å². The van der Waals surface area contributed by atoms with Crippen molar-refractivity contribution in [2.45, 2.75) is 128 Å². The number of carbonyl (C=O) groups excluding carboxylic acids is 1. The smallest absolute Gasteiger partial charge is 0.330 e. The van der Waals surface area contributed by atoms with Gasteiger partial charge in [0.1, 0.15) is 6.10 Å². The highest BCUT2D eigenvalue weighted by molar-refractivity contribution is 6.74. The van der Waals surface area contributed by atoms with Gasteiger partial charge in [0.25, 0.3) is 0 Å². The predicted octanol–water partition coefficient (Wildman–Crippen LogP) is 6.99. The Balaban J connectivity index is 2.40. The first-order valence-electron chi connectivity index (χ1n) is 13.5. The first kappa shape index (κ1) is 30.5. The Labute approximate surface area is 217 Å². The summed E-state index contributed by atoms with van der Waals surface area (Å²) in [4.78, 5) is 12.6. The van der Waals surface area contributed by atoms with Crippen molar-refractivity contribution in [3.8, 4) is 0 Å². The lowest BCUT2D eigenvalue weighted by atomic mass is 9.90. The van der Waals surface area contributed by atoms with Crippen LogP contribution in [0.3, 0.4) is 0 Å². The first-order valence-corrected chi connectivity index (χ1v) is 19.3. The fourth-order valence-corrected chi connectivity index (χ4v) is 7.09. The normalized spacial score (nSPS) is 31.5. The number of rotatable bonds is 5. The third kappa shape index (κ3) is 8.39. The number of allylic oxidation sites excluding steroid dienone is 2. The van der Waals surface area contributed by atoms with Crippen molar-refractivity contribution in [1.82, 2.24) is 0 Å². The molecule has 202 valence electrons. The maximum absolute atomic E-state index is 12.6. The van der Waals surface area contributed by atoms with Gasteiger partial charge in [-0.1, -0.05) is 53.7 Å². The molecule has 0 aromatic carbocycles. The summed E-state index contributed by atoms with van der Waals surface area (Å²) >= 11 is 0. The third-order valence-electron chi connectivity index (χ3n) is 8.74. The molecule has 35 heavy (non-hydrogen) atoms. The molecule has 0 radical (unpaired) electrons. The summed E-state index contributed by atoms with van der Waals surface area (Å²) in [6, 6.07) is 0. The van der Waals surface area contributed by atoms with Gasteiger partial charge in [0, 0.05) is 12.2 Å². The number of ether oxygens (including phenoxy) is 1. The van der Waals surface area contributed by atoms with Gasteiger partial charge in [0.15, 0.2) is 16.6 Å². The molecule has 1 aliphatic carbocycles. The van der Waals surface area contributed by atoms with E-state index < -0.39 is 28.7 Å². The van der Waals surface area contributed by atoms with Crippen LogP contribution in [-0.2, 0) is 18.4 Å². The maximum Gasteiger partial charge on any atom is 0.330 e. The number of aliphatic hydroxyl groups excluding tert-OH is 1. The Hall–Kier alpha value is -0.736. The zero-order chi connectivity index (χ0) is 26.7. The molecule has 5 nitrogen and oxygen atoms in total. The largest absolute Gasteiger partial charge is 0.457 e. The van der Waals surface area contributed by atoms with E-state index in [0.717, 1.165) is 25.7 Å². The van der Waals surface area contributed by atoms with Crippen LogP contribution in [0, 0.1) is 11.8 Å². The zero-order valence-electron chi connectivity index (χ0n) is 24.0. The molecule has 1 fully saturated rings. The molecule has 0 amide bonds. The first-order chi connectivity index (χ1) is 16.0. The lowest BCUT2D eigenvalue weighted by Crippen LogP contribution is -2.46. The highest BCUT2D eigenvalue weighted by Gasteiger charge is 2.46. The van der Waals surface area contributed by atoms with Gasteiger partial charge in [-0.15, -0.1) is 0 Å². The van der Waals surface area contributed by atoms with Crippen LogP contribution in [0.2, 0.25) is 36.3 Å². The van der Waals surface area contributed by atoms with Crippen LogP contribution < -0.4 is 0 Å². The van der Waals surface area contributed by atoms with E-state index >= 15 is 0 Å². The summed E-state index contributed by atoms with van der Waals surface area (Å²) in [7, 11) is -3.99. The van der Waals surface area contributed by atoms with Crippen LogP contribution in [0.1, 0.15) is 73.6 Å². The fraction of sp³-hybridized carbons (Fsp3) is 0.821. The number of cyclic esters (lactones) is 1. The molecule has 0 bridgehead atoms. The van der Waals surface area contributed by atoms with Crippen molar-refractivity contribution in [2.75, 3.05) is 6.61 Å². The molecule has 5 atom stereocenters.